The van der Waals surface area contributed by atoms with Gasteiger partial charge >= 0.3 is 0 Å². The molecule has 0 saturated heterocycles. The molecule has 2 rings (SSSR count). The fourth-order valence-electron chi connectivity index (χ4n) is 2.69. The van der Waals surface area contributed by atoms with Gasteiger partial charge in [-0.05, 0) is 71.0 Å². The minimum Gasteiger partial charge on any atom is -0.492 e. The van der Waals surface area contributed by atoms with Crippen LogP contribution in [0.1, 0.15) is 53.3 Å². The molecule has 0 aliphatic carbocycles. The number of halogens is 1. The molecule has 6 nitrogen and oxygen atoms in total. The Hall–Kier alpha value is -2.45. The topological polar surface area (TPSA) is 79.5 Å². The zero-order chi connectivity index (χ0) is 21.9. The van der Waals surface area contributed by atoms with Gasteiger partial charge in [0.15, 0.2) is 5.11 Å². The minimum absolute atomic E-state index is 0.140. The first kappa shape index (κ1) is 23.8. The zero-order valence-corrected chi connectivity index (χ0v) is 19.5. The van der Waals surface area contributed by atoms with Crippen molar-refractivity contribution in [3.8, 4) is 5.75 Å². The van der Waals surface area contributed by atoms with Crippen LogP contribution in [0.5, 0.6) is 5.75 Å². The van der Waals surface area contributed by atoms with Crippen molar-refractivity contribution in [2.24, 2.45) is 0 Å². The van der Waals surface area contributed by atoms with E-state index in [1.807, 2.05) is 0 Å². The van der Waals surface area contributed by atoms with E-state index in [-0.39, 0.29) is 16.9 Å². The van der Waals surface area contributed by atoms with Crippen LogP contribution in [0.4, 0.5) is 5.69 Å². The lowest BCUT2D eigenvalue weighted by Crippen LogP contribution is -2.34. The third-order valence-electron chi connectivity index (χ3n) is 4.29. The molecule has 30 heavy (non-hydrogen) atoms. The highest BCUT2D eigenvalue weighted by atomic mass is 79.9. The van der Waals surface area contributed by atoms with Crippen LogP contribution in [0.25, 0.3) is 0 Å². The molecular weight excluding hydrogens is 466 g/mol. The first-order valence-electron chi connectivity index (χ1n) is 9.81. The van der Waals surface area contributed by atoms with Gasteiger partial charge in [-0.15, -0.1) is 0 Å². The maximum atomic E-state index is 12.5. The van der Waals surface area contributed by atoms with Crippen LogP contribution < -0.4 is 20.7 Å². The summed E-state index contributed by atoms with van der Waals surface area (Å²) in [5.74, 6) is 0.158. The summed E-state index contributed by atoms with van der Waals surface area (Å²) in [4.78, 5) is 24.2. The Balaban J connectivity index is 1.91. The molecule has 0 aliphatic rings. The van der Waals surface area contributed by atoms with Crippen molar-refractivity contribution in [2.45, 2.75) is 32.6 Å². The average molecular weight is 492 g/mol. The second kappa shape index (κ2) is 12.3. The third-order valence-corrected chi connectivity index (χ3v) is 5.11. The number of amides is 2. The van der Waals surface area contributed by atoms with Crippen LogP contribution in [-0.4, -0.2) is 30.6 Å². The van der Waals surface area contributed by atoms with Gasteiger partial charge in [0.2, 0.25) is 0 Å². The molecule has 160 valence electrons. The van der Waals surface area contributed by atoms with Crippen molar-refractivity contribution >= 4 is 50.8 Å². The summed E-state index contributed by atoms with van der Waals surface area (Å²) in [6.07, 6.45) is 4.53. The van der Waals surface area contributed by atoms with Crippen LogP contribution in [0, 0.1) is 0 Å². The van der Waals surface area contributed by atoms with E-state index in [1.54, 1.807) is 49.5 Å². The van der Waals surface area contributed by atoms with Crippen LogP contribution in [0.15, 0.2) is 46.9 Å². The van der Waals surface area contributed by atoms with E-state index in [4.69, 9.17) is 17.0 Å². The van der Waals surface area contributed by atoms with Gasteiger partial charge in [-0.3, -0.25) is 14.9 Å². The summed E-state index contributed by atoms with van der Waals surface area (Å²) in [5.41, 5.74) is 1.55. The molecule has 0 bridgehead atoms. The minimum atomic E-state index is -0.342. The highest BCUT2D eigenvalue weighted by Gasteiger charge is 2.12. The standard InChI is InChI=1S/C22H26BrN3O3S/c1-3-4-5-6-12-29-19-11-10-16(14-18(19)23)21(28)26-22(30)25-17-9-7-8-15(13-17)20(27)24-2/h7-11,13-14H,3-6,12H2,1-2H3,(H,24,27)(H2,25,26,28,30). The van der Waals surface area contributed by atoms with E-state index < -0.39 is 0 Å². The van der Waals surface area contributed by atoms with Gasteiger partial charge in [-0.1, -0.05) is 32.3 Å². The molecule has 2 aromatic rings. The number of thiocarbonyl (C=S) groups is 1. The lowest BCUT2D eigenvalue weighted by molar-refractivity contribution is 0.0959. The smallest absolute Gasteiger partial charge is 0.257 e. The Morgan fingerprint density at radius 3 is 2.50 bits per heavy atom. The number of rotatable bonds is 9. The predicted molar refractivity (Wildman–Crippen MR) is 127 cm³/mol. The lowest BCUT2D eigenvalue weighted by atomic mass is 10.2. The number of benzene rings is 2. The van der Waals surface area contributed by atoms with Gasteiger partial charge in [-0.25, -0.2) is 0 Å². The Kier molecular flexibility index (Phi) is 9.76. The molecule has 8 heteroatoms. The molecule has 0 fully saturated rings. The highest BCUT2D eigenvalue weighted by molar-refractivity contribution is 9.10. The van der Waals surface area contributed by atoms with Crippen molar-refractivity contribution in [1.82, 2.24) is 10.6 Å². The molecule has 0 spiro atoms. The largest absolute Gasteiger partial charge is 0.492 e. The molecule has 0 atom stereocenters. The van der Waals surface area contributed by atoms with Gasteiger partial charge in [0.25, 0.3) is 11.8 Å². The van der Waals surface area contributed by atoms with Crippen molar-refractivity contribution < 1.29 is 14.3 Å². The maximum absolute atomic E-state index is 12.5. The van der Waals surface area contributed by atoms with Gasteiger partial charge < -0.3 is 15.4 Å². The number of hydrogen-bond acceptors (Lipinski definition) is 4. The molecule has 0 aliphatic heterocycles. The number of carbonyl (C=O) groups is 2. The molecule has 2 aromatic carbocycles. The summed E-state index contributed by atoms with van der Waals surface area (Å²) in [6.45, 7) is 2.82. The van der Waals surface area contributed by atoms with E-state index in [1.165, 1.54) is 12.8 Å². The van der Waals surface area contributed by atoms with E-state index in [2.05, 4.69) is 38.8 Å². The molecule has 0 heterocycles. The number of anilines is 1. The number of ether oxygens (including phenoxy) is 1. The molecule has 3 N–H and O–H groups in total. The quantitative estimate of drug-likeness (QED) is 0.343. The fourth-order valence-corrected chi connectivity index (χ4v) is 3.39. The van der Waals surface area contributed by atoms with Gasteiger partial charge in [0, 0.05) is 23.9 Å². The van der Waals surface area contributed by atoms with Gasteiger partial charge in [-0.2, -0.15) is 0 Å². The third kappa shape index (κ3) is 7.42. The summed E-state index contributed by atoms with van der Waals surface area (Å²) in [7, 11) is 1.56. The molecule has 0 saturated carbocycles. The van der Waals surface area contributed by atoms with Crippen LogP contribution in [-0.2, 0) is 0 Å². The van der Waals surface area contributed by atoms with Crippen LogP contribution >= 0.6 is 28.1 Å². The first-order chi connectivity index (χ1) is 14.4. The Morgan fingerprint density at radius 1 is 1.03 bits per heavy atom. The Labute approximate surface area is 190 Å². The normalized spacial score (nSPS) is 10.2. The average Bonchev–Trinajstić information content (AvgIpc) is 2.74. The molecule has 0 aromatic heterocycles. The van der Waals surface area contributed by atoms with Crippen molar-refractivity contribution in [2.75, 3.05) is 19.0 Å². The van der Waals surface area contributed by atoms with E-state index in [0.717, 1.165) is 12.8 Å². The molecule has 0 unspecified atom stereocenters. The SMILES string of the molecule is CCCCCCOc1ccc(C(=O)NC(=S)Nc2cccc(C(=O)NC)c2)cc1Br. The second-order valence-corrected chi connectivity index (χ2v) is 7.89. The Bertz CT molecular complexity index is 905. The first-order valence-corrected chi connectivity index (χ1v) is 11.0. The summed E-state index contributed by atoms with van der Waals surface area (Å²) >= 11 is 8.68. The molecule has 0 radical (unpaired) electrons. The van der Waals surface area contributed by atoms with Crippen LogP contribution in [0.3, 0.4) is 0 Å². The van der Waals surface area contributed by atoms with E-state index in [9.17, 15) is 9.59 Å². The number of unbranched alkanes of at least 4 members (excludes halogenated alkanes) is 3. The second-order valence-electron chi connectivity index (χ2n) is 6.62. The predicted octanol–water partition coefficient (Wildman–Crippen LogP) is 4.89. The van der Waals surface area contributed by atoms with Gasteiger partial charge in [0.05, 0.1) is 11.1 Å². The zero-order valence-electron chi connectivity index (χ0n) is 17.1. The van der Waals surface area contributed by atoms with Gasteiger partial charge in [0.1, 0.15) is 5.75 Å². The number of carbonyl (C=O) groups excluding carboxylic acids is 2. The highest BCUT2D eigenvalue weighted by Crippen LogP contribution is 2.26. The fraction of sp³-hybridized carbons (Fsp3) is 0.318. The number of hydrogen-bond donors (Lipinski definition) is 3. The summed E-state index contributed by atoms with van der Waals surface area (Å²) in [6, 6.07) is 12.0. The lowest BCUT2D eigenvalue weighted by Gasteiger charge is -2.12. The van der Waals surface area contributed by atoms with Crippen LogP contribution in [0.2, 0.25) is 0 Å². The van der Waals surface area contributed by atoms with E-state index >= 15 is 0 Å². The van der Waals surface area contributed by atoms with Crippen molar-refractivity contribution in [3.05, 3.63) is 58.1 Å². The van der Waals surface area contributed by atoms with E-state index in [0.29, 0.717) is 33.6 Å². The van der Waals surface area contributed by atoms with Crippen molar-refractivity contribution in [3.63, 3.8) is 0 Å². The maximum Gasteiger partial charge on any atom is 0.257 e. The summed E-state index contributed by atoms with van der Waals surface area (Å²) < 4.78 is 6.48. The number of nitrogens with one attached hydrogen (secondary N) is 3. The molecule has 2 amide bonds. The van der Waals surface area contributed by atoms with Crippen molar-refractivity contribution in [1.29, 1.82) is 0 Å². The Morgan fingerprint density at radius 2 is 1.80 bits per heavy atom. The monoisotopic (exact) mass is 491 g/mol. The molecular formula is C22H26BrN3O3S. The summed E-state index contributed by atoms with van der Waals surface area (Å²) in [5, 5.41) is 8.26.